The molecule has 2 rings (SSSR count). The molecule has 25 heavy (non-hydrogen) atoms. The van der Waals surface area contributed by atoms with Gasteiger partial charge in [0.2, 0.25) is 0 Å². The summed E-state index contributed by atoms with van der Waals surface area (Å²) in [6.45, 7) is 0. The first kappa shape index (κ1) is 18.6. The SMILES string of the molecule is COc1cc(C(=O)[AsH]c2ccc(O)cc2[N+](=O)[O-])cc(OC)c1OC. The van der Waals surface area contributed by atoms with Crippen LogP contribution in [0.1, 0.15) is 10.4 Å². The van der Waals surface area contributed by atoms with Crippen LogP contribution >= 0.6 is 0 Å². The molecule has 0 aliphatic rings. The van der Waals surface area contributed by atoms with Crippen molar-refractivity contribution in [2.24, 2.45) is 0 Å². The molecule has 0 radical (unpaired) electrons. The van der Waals surface area contributed by atoms with E-state index in [0.717, 1.165) is 6.07 Å². The van der Waals surface area contributed by atoms with Gasteiger partial charge in [-0.1, -0.05) is 0 Å². The van der Waals surface area contributed by atoms with E-state index in [0.29, 0.717) is 27.2 Å². The van der Waals surface area contributed by atoms with Gasteiger partial charge in [-0.3, -0.25) is 0 Å². The minimum atomic E-state index is -1.54. The van der Waals surface area contributed by atoms with Crippen LogP contribution in [-0.2, 0) is 0 Å². The number of phenols is 1. The normalized spacial score (nSPS) is 10.7. The molecule has 9 heteroatoms. The van der Waals surface area contributed by atoms with Crippen LogP contribution in [0.15, 0.2) is 30.3 Å². The molecule has 0 aliphatic carbocycles. The second-order valence-electron chi connectivity index (χ2n) is 4.83. The van der Waals surface area contributed by atoms with Gasteiger partial charge in [0.1, 0.15) is 0 Å². The number of phenolic OH excluding ortho intramolecular Hbond substituents is 1. The van der Waals surface area contributed by atoms with E-state index >= 15 is 0 Å². The summed E-state index contributed by atoms with van der Waals surface area (Å²) in [7, 11) is 4.33. The van der Waals surface area contributed by atoms with E-state index in [9.17, 15) is 20.0 Å². The van der Waals surface area contributed by atoms with E-state index in [4.69, 9.17) is 14.2 Å². The standard InChI is InChI=1S/C16H16AsNO7/c1-23-13-6-9(7-14(24-2)15(13)25-3)16(20)17-11-5-4-10(19)8-12(11)18(21)22/h4-8,17,19H,1-3H3. The third-order valence-electron chi connectivity index (χ3n) is 3.35. The predicted octanol–water partition coefficient (Wildman–Crippen LogP) is 1.23. The van der Waals surface area contributed by atoms with Crippen LogP contribution in [0.4, 0.5) is 5.69 Å². The van der Waals surface area contributed by atoms with Crippen LogP contribution in [0.2, 0.25) is 0 Å². The molecule has 0 aromatic heterocycles. The monoisotopic (exact) mass is 409 g/mol. The summed E-state index contributed by atoms with van der Waals surface area (Å²) < 4.78 is 15.7. The van der Waals surface area contributed by atoms with Gasteiger partial charge in [0.05, 0.1) is 0 Å². The average molecular weight is 409 g/mol. The number of hydrogen-bond donors (Lipinski definition) is 1. The quantitative estimate of drug-likeness (QED) is 0.416. The minimum absolute atomic E-state index is 0.220. The fraction of sp³-hybridized carbons (Fsp3) is 0.188. The zero-order chi connectivity index (χ0) is 18.6. The number of rotatable bonds is 7. The van der Waals surface area contributed by atoms with Crippen molar-refractivity contribution in [2.75, 3.05) is 21.3 Å². The molecule has 1 atom stereocenters. The molecule has 132 valence electrons. The number of nitrogens with zero attached hydrogens (tertiary/aromatic N) is 1. The van der Waals surface area contributed by atoms with Crippen LogP contribution in [0.3, 0.4) is 0 Å². The summed E-state index contributed by atoms with van der Waals surface area (Å²) >= 11 is -1.54. The molecule has 0 saturated carbocycles. The number of nitro groups is 1. The number of methoxy groups -OCH3 is 3. The maximum atomic E-state index is 12.6. The molecule has 0 bridgehead atoms. The van der Waals surface area contributed by atoms with Gasteiger partial charge in [0.25, 0.3) is 0 Å². The maximum absolute atomic E-state index is 12.6. The Balaban J connectivity index is 2.41. The van der Waals surface area contributed by atoms with Crippen LogP contribution in [0, 0.1) is 10.1 Å². The molecule has 1 N–H and O–H groups in total. The summed E-state index contributed by atoms with van der Waals surface area (Å²) in [6, 6.07) is 6.80. The Morgan fingerprint density at radius 3 is 2.16 bits per heavy atom. The molecule has 0 aliphatic heterocycles. The first-order chi connectivity index (χ1) is 11.9. The summed E-state index contributed by atoms with van der Waals surface area (Å²) in [6.07, 6.45) is 0. The van der Waals surface area contributed by atoms with Gasteiger partial charge in [-0.25, -0.2) is 0 Å². The van der Waals surface area contributed by atoms with Crippen molar-refractivity contribution in [3.8, 4) is 23.0 Å². The summed E-state index contributed by atoms with van der Waals surface area (Å²) in [5.41, 5.74) is 0.0534. The molecule has 0 saturated heterocycles. The van der Waals surface area contributed by atoms with Gasteiger partial charge in [-0.2, -0.15) is 0 Å². The first-order valence-corrected chi connectivity index (χ1v) is 9.09. The Kier molecular flexibility index (Phi) is 5.87. The van der Waals surface area contributed by atoms with Crippen LogP contribution in [-0.4, -0.2) is 51.7 Å². The van der Waals surface area contributed by atoms with Gasteiger partial charge in [0.15, 0.2) is 0 Å². The molecule has 0 heterocycles. The Morgan fingerprint density at radius 2 is 1.68 bits per heavy atom. The number of aromatic hydroxyl groups is 1. The van der Waals surface area contributed by atoms with Crippen LogP contribution in [0.25, 0.3) is 0 Å². The van der Waals surface area contributed by atoms with Crippen molar-refractivity contribution in [3.05, 3.63) is 46.0 Å². The van der Waals surface area contributed by atoms with E-state index in [2.05, 4.69) is 0 Å². The van der Waals surface area contributed by atoms with Crippen molar-refractivity contribution in [2.45, 2.75) is 0 Å². The Morgan fingerprint density at radius 1 is 1.08 bits per heavy atom. The molecule has 0 amide bonds. The number of nitro benzene ring substituents is 1. The summed E-state index contributed by atoms with van der Waals surface area (Å²) in [5, 5.41) is 20.5. The number of hydrogen-bond acceptors (Lipinski definition) is 7. The number of carbonyl (C=O) groups excluding carboxylic acids is 1. The van der Waals surface area contributed by atoms with Crippen molar-refractivity contribution in [3.63, 3.8) is 0 Å². The van der Waals surface area contributed by atoms with Gasteiger partial charge < -0.3 is 0 Å². The molecular weight excluding hydrogens is 393 g/mol. The molecule has 1 unspecified atom stereocenters. The third-order valence-corrected chi connectivity index (χ3v) is 5.89. The molecule has 2 aromatic rings. The third kappa shape index (κ3) is 4.03. The molecular formula is C16H16AsNO7. The zero-order valence-electron chi connectivity index (χ0n) is 13.7. The fourth-order valence-electron chi connectivity index (χ4n) is 2.18. The Hall–Kier alpha value is -2.73. The van der Waals surface area contributed by atoms with E-state index in [-0.39, 0.29) is 16.0 Å². The van der Waals surface area contributed by atoms with E-state index in [1.54, 1.807) is 0 Å². The van der Waals surface area contributed by atoms with Crippen molar-refractivity contribution < 1.29 is 29.0 Å². The predicted molar refractivity (Wildman–Crippen MR) is 92.0 cm³/mol. The van der Waals surface area contributed by atoms with E-state index < -0.39 is 20.7 Å². The zero-order valence-corrected chi connectivity index (χ0v) is 15.8. The van der Waals surface area contributed by atoms with E-state index in [1.807, 2.05) is 0 Å². The molecule has 8 nitrogen and oxygen atoms in total. The van der Waals surface area contributed by atoms with Crippen molar-refractivity contribution in [1.29, 1.82) is 0 Å². The first-order valence-electron chi connectivity index (χ1n) is 7.00. The molecule has 2 aromatic carbocycles. The Labute approximate surface area is 150 Å². The molecule has 0 spiro atoms. The van der Waals surface area contributed by atoms with Gasteiger partial charge in [-0.05, 0) is 0 Å². The van der Waals surface area contributed by atoms with Crippen molar-refractivity contribution >= 4 is 30.4 Å². The molecule has 0 fully saturated rings. The second-order valence-corrected chi connectivity index (χ2v) is 7.43. The number of benzene rings is 2. The van der Waals surface area contributed by atoms with Gasteiger partial charge in [0, 0.05) is 0 Å². The van der Waals surface area contributed by atoms with Crippen LogP contribution < -0.4 is 18.6 Å². The van der Waals surface area contributed by atoms with Crippen LogP contribution in [0.5, 0.6) is 23.0 Å². The second kappa shape index (κ2) is 7.89. The van der Waals surface area contributed by atoms with Gasteiger partial charge in [-0.15, -0.1) is 0 Å². The van der Waals surface area contributed by atoms with Crippen molar-refractivity contribution in [1.82, 2.24) is 0 Å². The fourth-order valence-corrected chi connectivity index (χ4v) is 4.26. The number of ether oxygens (including phenoxy) is 3. The van der Waals surface area contributed by atoms with E-state index in [1.165, 1.54) is 45.6 Å². The Bertz CT molecular complexity index is 797. The number of carbonyl (C=O) groups is 1. The topological polar surface area (TPSA) is 108 Å². The summed E-state index contributed by atoms with van der Waals surface area (Å²) in [5.74, 6) is 0.800. The average Bonchev–Trinajstić information content (AvgIpc) is 2.61. The van der Waals surface area contributed by atoms with Gasteiger partial charge >= 0.3 is 150 Å². The summed E-state index contributed by atoms with van der Waals surface area (Å²) in [4.78, 5) is 23.1.